The van der Waals surface area contributed by atoms with Crippen molar-refractivity contribution < 1.29 is 4.74 Å². The molecule has 1 saturated carbocycles. The molecule has 94 valence electrons. The minimum atomic E-state index is 0.460. The van der Waals surface area contributed by atoms with Gasteiger partial charge < -0.3 is 10.5 Å². The minimum Gasteiger partial charge on any atom is -0.378 e. The van der Waals surface area contributed by atoms with Gasteiger partial charge in [0, 0.05) is 12.6 Å². The molecule has 2 atom stereocenters. The molecule has 2 heteroatoms. The SMILES string of the molecule is NC(CCCC1CCCO1)C1CCCCC1. The quantitative estimate of drug-likeness (QED) is 0.779. The maximum atomic E-state index is 6.29. The molecule has 0 aromatic carbocycles. The Morgan fingerprint density at radius 2 is 1.88 bits per heavy atom. The van der Waals surface area contributed by atoms with Gasteiger partial charge in [0.2, 0.25) is 0 Å². The van der Waals surface area contributed by atoms with Gasteiger partial charge in [0.1, 0.15) is 0 Å². The van der Waals surface area contributed by atoms with Crippen molar-refractivity contribution in [2.24, 2.45) is 11.7 Å². The van der Waals surface area contributed by atoms with Crippen LogP contribution in [0.3, 0.4) is 0 Å². The van der Waals surface area contributed by atoms with Crippen LogP contribution in [0, 0.1) is 5.92 Å². The summed E-state index contributed by atoms with van der Waals surface area (Å²) >= 11 is 0. The molecule has 0 radical (unpaired) electrons. The van der Waals surface area contributed by atoms with Crippen LogP contribution in [0.15, 0.2) is 0 Å². The largest absolute Gasteiger partial charge is 0.378 e. The predicted octanol–water partition coefficient (Wildman–Crippen LogP) is 3.24. The Hall–Kier alpha value is -0.0800. The number of hydrogen-bond donors (Lipinski definition) is 1. The van der Waals surface area contributed by atoms with Gasteiger partial charge >= 0.3 is 0 Å². The van der Waals surface area contributed by atoms with E-state index in [-0.39, 0.29) is 0 Å². The normalized spacial score (nSPS) is 29.4. The van der Waals surface area contributed by atoms with Crippen molar-refractivity contribution in [2.45, 2.75) is 76.4 Å². The second-order valence-corrected chi connectivity index (χ2v) is 5.63. The maximum Gasteiger partial charge on any atom is 0.0576 e. The molecule has 2 unspecified atom stereocenters. The molecule has 0 bridgehead atoms. The Labute approximate surface area is 99.9 Å². The molecule has 2 fully saturated rings. The van der Waals surface area contributed by atoms with Crippen LogP contribution in [0.25, 0.3) is 0 Å². The molecule has 16 heavy (non-hydrogen) atoms. The lowest BCUT2D eigenvalue weighted by molar-refractivity contribution is 0.101. The summed E-state index contributed by atoms with van der Waals surface area (Å²) in [5, 5.41) is 0. The molecule has 0 amide bonds. The lowest BCUT2D eigenvalue weighted by Crippen LogP contribution is -2.31. The van der Waals surface area contributed by atoms with E-state index in [2.05, 4.69) is 0 Å². The van der Waals surface area contributed by atoms with Crippen LogP contribution in [-0.2, 0) is 4.74 Å². The first-order valence-corrected chi connectivity index (χ1v) is 7.23. The molecule has 2 nitrogen and oxygen atoms in total. The van der Waals surface area contributed by atoms with Crippen molar-refractivity contribution in [1.82, 2.24) is 0 Å². The molecular formula is C14H27NO. The lowest BCUT2D eigenvalue weighted by Gasteiger charge is -2.27. The summed E-state index contributed by atoms with van der Waals surface area (Å²) in [4.78, 5) is 0. The monoisotopic (exact) mass is 225 g/mol. The van der Waals surface area contributed by atoms with Crippen molar-refractivity contribution >= 4 is 0 Å². The third-order valence-corrected chi connectivity index (χ3v) is 4.34. The molecular weight excluding hydrogens is 198 g/mol. The van der Waals surface area contributed by atoms with Crippen LogP contribution in [0.4, 0.5) is 0 Å². The van der Waals surface area contributed by atoms with Crippen molar-refractivity contribution in [3.63, 3.8) is 0 Å². The van der Waals surface area contributed by atoms with Gasteiger partial charge in [0.25, 0.3) is 0 Å². The second-order valence-electron chi connectivity index (χ2n) is 5.63. The first-order valence-electron chi connectivity index (χ1n) is 7.23. The van der Waals surface area contributed by atoms with Crippen molar-refractivity contribution in [3.8, 4) is 0 Å². The van der Waals surface area contributed by atoms with Gasteiger partial charge in [-0.15, -0.1) is 0 Å². The fourth-order valence-corrected chi connectivity index (χ4v) is 3.25. The maximum absolute atomic E-state index is 6.29. The van der Waals surface area contributed by atoms with Gasteiger partial charge in [-0.25, -0.2) is 0 Å². The fourth-order valence-electron chi connectivity index (χ4n) is 3.25. The molecule has 2 rings (SSSR count). The number of nitrogens with two attached hydrogens (primary N) is 1. The van der Waals surface area contributed by atoms with Crippen LogP contribution < -0.4 is 5.73 Å². The Balaban J connectivity index is 1.57. The van der Waals surface area contributed by atoms with E-state index in [0.717, 1.165) is 12.5 Å². The summed E-state index contributed by atoms with van der Waals surface area (Å²) in [6, 6.07) is 0.460. The highest BCUT2D eigenvalue weighted by molar-refractivity contribution is 4.77. The highest BCUT2D eigenvalue weighted by atomic mass is 16.5. The molecule has 0 aromatic rings. The molecule has 1 heterocycles. The first-order chi connectivity index (χ1) is 7.86. The highest BCUT2D eigenvalue weighted by Crippen LogP contribution is 2.28. The topological polar surface area (TPSA) is 35.2 Å². The Bertz CT molecular complexity index is 183. The van der Waals surface area contributed by atoms with Gasteiger partial charge in [-0.3, -0.25) is 0 Å². The number of hydrogen-bond acceptors (Lipinski definition) is 2. The Morgan fingerprint density at radius 1 is 1.06 bits per heavy atom. The minimum absolute atomic E-state index is 0.460. The van der Waals surface area contributed by atoms with E-state index in [0.29, 0.717) is 12.1 Å². The Morgan fingerprint density at radius 3 is 2.56 bits per heavy atom. The molecule has 0 aromatic heterocycles. The van der Waals surface area contributed by atoms with E-state index >= 15 is 0 Å². The first kappa shape index (κ1) is 12.4. The van der Waals surface area contributed by atoms with Crippen LogP contribution in [0.5, 0.6) is 0 Å². The van der Waals surface area contributed by atoms with Gasteiger partial charge in [-0.05, 0) is 50.9 Å². The summed E-state index contributed by atoms with van der Waals surface area (Å²) in [6.07, 6.45) is 13.8. The zero-order valence-electron chi connectivity index (χ0n) is 10.5. The summed E-state index contributed by atoms with van der Waals surface area (Å²) in [5.74, 6) is 0.818. The summed E-state index contributed by atoms with van der Waals surface area (Å²) in [7, 11) is 0. The van der Waals surface area contributed by atoms with Crippen LogP contribution >= 0.6 is 0 Å². The number of rotatable bonds is 5. The standard InChI is InChI=1S/C14H27NO/c15-14(12-6-2-1-3-7-12)10-4-8-13-9-5-11-16-13/h12-14H,1-11,15H2. The van der Waals surface area contributed by atoms with E-state index in [1.165, 1.54) is 64.2 Å². The third kappa shape index (κ3) is 3.74. The summed E-state index contributed by atoms with van der Waals surface area (Å²) in [6.45, 7) is 0.985. The zero-order chi connectivity index (χ0) is 11.2. The molecule has 1 aliphatic carbocycles. The fraction of sp³-hybridized carbons (Fsp3) is 1.00. The lowest BCUT2D eigenvalue weighted by atomic mass is 9.82. The zero-order valence-corrected chi connectivity index (χ0v) is 10.5. The van der Waals surface area contributed by atoms with Crippen molar-refractivity contribution in [2.75, 3.05) is 6.61 Å². The highest BCUT2D eigenvalue weighted by Gasteiger charge is 2.21. The van der Waals surface area contributed by atoms with Crippen molar-refractivity contribution in [1.29, 1.82) is 0 Å². The average molecular weight is 225 g/mol. The number of ether oxygens (including phenoxy) is 1. The van der Waals surface area contributed by atoms with Gasteiger partial charge in [0.05, 0.1) is 6.10 Å². The summed E-state index contributed by atoms with van der Waals surface area (Å²) < 4.78 is 5.64. The van der Waals surface area contributed by atoms with Crippen LogP contribution in [0.1, 0.15) is 64.2 Å². The Kier molecular flexibility index (Phi) is 5.11. The van der Waals surface area contributed by atoms with E-state index in [9.17, 15) is 0 Å². The van der Waals surface area contributed by atoms with Gasteiger partial charge in [-0.1, -0.05) is 19.3 Å². The molecule has 1 saturated heterocycles. The van der Waals surface area contributed by atoms with Crippen LogP contribution in [0.2, 0.25) is 0 Å². The van der Waals surface area contributed by atoms with Crippen molar-refractivity contribution in [3.05, 3.63) is 0 Å². The van der Waals surface area contributed by atoms with E-state index in [1.54, 1.807) is 0 Å². The third-order valence-electron chi connectivity index (χ3n) is 4.34. The molecule has 1 aliphatic heterocycles. The average Bonchev–Trinajstić information content (AvgIpc) is 2.83. The smallest absolute Gasteiger partial charge is 0.0576 e. The molecule has 2 aliphatic rings. The second kappa shape index (κ2) is 6.61. The van der Waals surface area contributed by atoms with Gasteiger partial charge in [0.15, 0.2) is 0 Å². The molecule has 0 spiro atoms. The molecule has 2 N–H and O–H groups in total. The van der Waals surface area contributed by atoms with E-state index in [4.69, 9.17) is 10.5 Å². The van der Waals surface area contributed by atoms with E-state index < -0.39 is 0 Å². The predicted molar refractivity (Wildman–Crippen MR) is 67.4 cm³/mol. The summed E-state index contributed by atoms with van der Waals surface area (Å²) in [5.41, 5.74) is 6.29. The van der Waals surface area contributed by atoms with E-state index in [1.807, 2.05) is 0 Å². The van der Waals surface area contributed by atoms with Gasteiger partial charge in [-0.2, -0.15) is 0 Å². The van der Waals surface area contributed by atoms with Crippen LogP contribution in [-0.4, -0.2) is 18.8 Å².